The van der Waals surface area contributed by atoms with Crippen LogP contribution in [0, 0.1) is 5.92 Å². The van der Waals surface area contributed by atoms with Gasteiger partial charge in [0, 0.05) is 19.5 Å². The Bertz CT molecular complexity index is 388. The second-order valence-corrected chi connectivity index (χ2v) is 6.58. The summed E-state index contributed by atoms with van der Waals surface area (Å²) >= 11 is 0. The van der Waals surface area contributed by atoms with Crippen molar-refractivity contribution in [2.24, 2.45) is 5.92 Å². The van der Waals surface area contributed by atoms with E-state index in [4.69, 9.17) is 9.47 Å². The maximum absolute atomic E-state index is 12.0. The van der Waals surface area contributed by atoms with Gasteiger partial charge in [-0.15, -0.1) is 0 Å². The van der Waals surface area contributed by atoms with E-state index in [0.717, 1.165) is 38.5 Å². The summed E-state index contributed by atoms with van der Waals surface area (Å²) in [6.45, 7) is 2.22. The highest BCUT2D eigenvalue weighted by molar-refractivity contribution is 5.68. The summed E-state index contributed by atoms with van der Waals surface area (Å²) < 4.78 is 10.8. The molecule has 4 unspecified atom stereocenters. The van der Waals surface area contributed by atoms with Crippen LogP contribution in [0.2, 0.25) is 0 Å². The minimum absolute atomic E-state index is 0.163. The first-order valence-electron chi connectivity index (χ1n) is 8.42. The summed E-state index contributed by atoms with van der Waals surface area (Å²) in [5, 5.41) is 5.43. The third kappa shape index (κ3) is 5.39. The number of alkyl carbamates (subject to hydrolysis) is 2. The maximum atomic E-state index is 12.0. The molecule has 0 aromatic carbocycles. The van der Waals surface area contributed by atoms with Gasteiger partial charge in [-0.3, -0.25) is 0 Å². The number of nitrogens with one attached hydrogen (secondary N) is 2. The van der Waals surface area contributed by atoms with Crippen LogP contribution >= 0.6 is 0 Å². The molecule has 6 heteroatoms. The first-order valence-corrected chi connectivity index (χ1v) is 8.42. The Hall–Kier alpha value is -1.46. The van der Waals surface area contributed by atoms with Crippen molar-refractivity contribution >= 4 is 12.2 Å². The number of amides is 2. The smallest absolute Gasteiger partial charge is 0.407 e. The highest BCUT2D eigenvalue weighted by Gasteiger charge is 2.28. The van der Waals surface area contributed by atoms with E-state index in [0.29, 0.717) is 12.3 Å². The van der Waals surface area contributed by atoms with Gasteiger partial charge in [0.15, 0.2) is 0 Å². The quantitative estimate of drug-likeness (QED) is 0.840. The molecule has 2 rings (SSSR count). The fraction of sp³-hybridized carbons (Fsp3) is 0.875. The van der Waals surface area contributed by atoms with Crippen LogP contribution in [0.4, 0.5) is 9.59 Å². The molecule has 126 valence electrons. The summed E-state index contributed by atoms with van der Waals surface area (Å²) in [4.78, 5) is 23.3. The monoisotopic (exact) mass is 312 g/mol. The predicted molar refractivity (Wildman–Crippen MR) is 82.6 cm³/mol. The van der Waals surface area contributed by atoms with Gasteiger partial charge < -0.3 is 20.1 Å². The van der Waals surface area contributed by atoms with E-state index >= 15 is 0 Å². The summed E-state index contributed by atoms with van der Waals surface area (Å²) in [5.74, 6) is 0.666. The van der Waals surface area contributed by atoms with Crippen molar-refractivity contribution < 1.29 is 19.1 Å². The molecular weight excluding hydrogens is 284 g/mol. The normalized spacial score (nSPS) is 31.9. The van der Waals surface area contributed by atoms with Crippen molar-refractivity contribution in [3.05, 3.63) is 0 Å². The molecule has 0 aromatic heterocycles. The molecule has 2 saturated carbocycles. The van der Waals surface area contributed by atoms with Crippen LogP contribution in [0.1, 0.15) is 58.3 Å². The van der Waals surface area contributed by atoms with Gasteiger partial charge in [-0.05, 0) is 38.0 Å². The highest BCUT2D eigenvalue weighted by atomic mass is 16.6. The van der Waals surface area contributed by atoms with Crippen molar-refractivity contribution in [1.29, 1.82) is 0 Å². The second kappa shape index (κ2) is 8.25. The molecule has 2 aliphatic rings. The third-order valence-electron chi connectivity index (χ3n) is 4.59. The third-order valence-corrected chi connectivity index (χ3v) is 4.59. The molecule has 6 nitrogen and oxygen atoms in total. The molecule has 0 radical (unpaired) electrons. The van der Waals surface area contributed by atoms with Crippen molar-refractivity contribution in [1.82, 2.24) is 10.6 Å². The van der Waals surface area contributed by atoms with E-state index in [1.165, 1.54) is 13.5 Å². The number of carbonyl (C=O) groups is 2. The fourth-order valence-corrected chi connectivity index (χ4v) is 3.44. The number of carbonyl (C=O) groups excluding carboxylic acids is 2. The molecule has 0 saturated heterocycles. The van der Waals surface area contributed by atoms with Crippen LogP contribution in [-0.4, -0.2) is 37.5 Å². The van der Waals surface area contributed by atoms with Crippen molar-refractivity contribution in [2.45, 2.75) is 76.5 Å². The van der Waals surface area contributed by atoms with Gasteiger partial charge in [-0.25, -0.2) is 9.59 Å². The molecule has 2 amide bonds. The number of hydrogen-bond acceptors (Lipinski definition) is 4. The van der Waals surface area contributed by atoms with Gasteiger partial charge >= 0.3 is 12.2 Å². The van der Waals surface area contributed by atoms with Gasteiger partial charge in [0.25, 0.3) is 0 Å². The van der Waals surface area contributed by atoms with Crippen molar-refractivity contribution in [3.8, 4) is 0 Å². The van der Waals surface area contributed by atoms with E-state index in [1.807, 2.05) is 0 Å². The molecule has 0 aromatic rings. The van der Waals surface area contributed by atoms with Crippen LogP contribution in [0.25, 0.3) is 0 Å². The van der Waals surface area contributed by atoms with E-state index < -0.39 is 6.09 Å². The zero-order valence-corrected chi connectivity index (χ0v) is 13.6. The Morgan fingerprint density at radius 2 is 1.55 bits per heavy atom. The van der Waals surface area contributed by atoms with Gasteiger partial charge in [-0.2, -0.15) is 0 Å². The Labute approximate surface area is 132 Å². The minimum Gasteiger partial charge on any atom is -0.446 e. The molecular formula is C16H28N2O4. The van der Waals surface area contributed by atoms with E-state index in [1.54, 1.807) is 0 Å². The molecule has 22 heavy (non-hydrogen) atoms. The summed E-state index contributed by atoms with van der Waals surface area (Å²) in [6, 6.07) is 0.234. The lowest BCUT2D eigenvalue weighted by atomic mass is 9.87. The fourth-order valence-electron chi connectivity index (χ4n) is 3.44. The Morgan fingerprint density at radius 3 is 2.18 bits per heavy atom. The Kier molecular flexibility index (Phi) is 6.34. The van der Waals surface area contributed by atoms with Gasteiger partial charge in [0.05, 0.1) is 0 Å². The van der Waals surface area contributed by atoms with Crippen LogP contribution in [0.3, 0.4) is 0 Å². The molecule has 2 fully saturated rings. The second-order valence-electron chi connectivity index (χ2n) is 6.58. The summed E-state index contributed by atoms with van der Waals surface area (Å²) in [6.07, 6.45) is 6.54. The van der Waals surface area contributed by atoms with Gasteiger partial charge in [0.1, 0.15) is 12.2 Å². The first-order chi connectivity index (χ1) is 10.6. The molecule has 0 aliphatic heterocycles. The van der Waals surface area contributed by atoms with Crippen LogP contribution < -0.4 is 10.6 Å². The first kappa shape index (κ1) is 16.9. The molecule has 2 N–H and O–H groups in total. The van der Waals surface area contributed by atoms with E-state index in [-0.39, 0.29) is 24.3 Å². The average molecular weight is 312 g/mol. The Balaban J connectivity index is 1.72. The number of rotatable bonds is 3. The summed E-state index contributed by atoms with van der Waals surface area (Å²) in [5.41, 5.74) is 0. The van der Waals surface area contributed by atoms with E-state index in [2.05, 4.69) is 17.6 Å². The SMILES string of the molecule is CNC(=O)OC1CCCC(OC(=O)NC2CCCC(C)C2)C1. The highest BCUT2D eigenvalue weighted by Crippen LogP contribution is 2.25. The average Bonchev–Trinajstić information content (AvgIpc) is 2.47. The largest absolute Gasteiger partial charge is 0.446 e. The van der Waals surface area contributed by atoms with Crippen LogP contribution in [-0.2, 0) is 9.47 Å². The molecule has 0 spiro atoms. The Morgan fingerprint density at radius 1 is 0.909 bits per heavy atom. The lowest BCUT2D eigenvalue weighted by Crippen LogP contribution is -2.41. The topological polar surface area (TPSA) is 76.7 Å². The zero-order chi connectivity index (χ0) is 15.9. The van der Waals surface area contributed by atoms with Crippen molar-refractivity contribution in [2.75, 3.05) is 7.05 Å². The number of hydrogen-bond donors (Lipinski definition) is 2. The zero-order valence-electron chi connectivity index (χ0n) is 13.6. The van der Waals surface area contributed by atoms with Crippen LogP contribution in [0.15, 0.2) is 0 Å². The predicted octanol–water partition coefficient (Wildman–Crippen LogP) is 2.96. The standard InChI is InChI=1S/C16H28N2O4/c1-11-5-3-6-12(9-11)18-16(20)22-14-8-4-7-13(10-14)21-15(19)17-2/h11-14H,3-10H2,1-2H3,(H,17,19)(H,18,20). The molecule has 2 aliphatic carbocycles. The van der Waals surface area contributed by atoms with Crippen molar-refractivity contribution in [3.63, 3.8) is 0 Å². The molecule has 4 atom stereocenters. The van der Waals surface area contributed by atoms with Gasteiger partial charge in [0.2, 0.25) is 0 Å². The minimum atomic E-state index is -0.425. The van der Waals surface area contributed by atoms with Gasteiger partial charge in [-0.1, -0.05) is 19.8 Å². The summed E-state index contributed by atoms with van der Waals surface area (Å²) in [7, 11) is 1.54. The lowest BCUT2D eigenvalue weighted by molar-refractivity contribution is 0.0106. The van der Waals surface area contributed by atoms with Crippen LogP contribution in [0.5, 0.6) is 0 Å². The lowest BCUT2D eigenvalue weighted by Gasteiger charge is -2.30. The molecule has 0 bridgehead atoms. The maximum Gasteiger partial charge on any atom is 0.407 e. The van der Waals surface area contributed by atoms with E-state index in [9.17, 15) is 9.59 Å². The number of ether oxygens (including phenoxy) is 2. The molecule has 0 heterocycles.